The minimum absolute atomic E-state index is 0.0394. The van der Waals surface area contributed by atoms with Crippen LogP contribution in [0.4, 0.5) is 4.39 Å². The minimum Gasteiger partial charge on any atom is -0.329 e. The first kappa shape index (κ1) is 15.1. The van der Waals surface area contributed by atoms with E-state index in [2.05, 4.69) is 30.7 Å². The fourth-order valence-corrected chi connectivity index (χ4v) is 2.07. The average Bonchev–Trinajstić information content (AvgIpc) is 2.37. The van der Waals surface area contributed by atoms with Crippen LogP contribution in [0.25, 0.3) is 0 Å². The number of aromatic nitrogens is 1. The van der Waals surface area contributed by atoms with Crippen molar-refractivity contribution in [3.05, 3.63) is 29.8 Å². The molecule has 0 saturated carbocycles. The first-order chi connectivity index (χ1) is 8.55. The van der Waals surface area contributed by atoms with Gasteiger partial charge < -0.3 is 5.73 Å². The second kappa shape index (κ2) is 6.81. The molecule has 0 spiro atoms. The summed E-state index contributed by atoms with van der Waals surface area (Å²) in [5, 5.41) is 0. The van der Waals surface area contributed by atoms with Gasteiger partial charge in [0, 0.05) is 24.8 Å². The van der Waals surface area contributed by atoms with Crippen LogP contribution in [0.1, 0.15) is 39.2 Å². The Morgan fingerprint density at radius 2 is 2.11 bits per heavy atom. The van der Waals surface area contributed by atoms with E-state index >= 15 is 0 Å². The first-order valence-electron chi connectivity index (χ1n) is 6.60. The lowest BCUT2D eigenvalue weighted by atomic mass is 9.95. The first-order valence-corrected chi connectivity index (χ1v) is 6.60. The molecule has 4 heteroatoms. The summed E-state index contributed by atoms with van der Waals surface area (Å²) in [6.45, 7) is 8.70. The van der Waals surface area contributed by atoms with Crippen molar-refractivity contribution in [2.75, 3.05) is 13.1 Å². The third-order valence-electron chi connectivity index (χ3n) is 3.59. The van der Waals surface area contributed by atoms with Crippen molar-refractivity contribution in [2.24, 2.45) is 5.73 Å². The number of hydrogen-bond acceptors (Lipinski definition) is 3. The highest BCUT2D eigenvalue weighted by Crippen LogP contribution is 2.21. The second-order valence-electron chi connectivity index (χ2n) is 4.99. The van der Waals surface area contributed by atoms with Gasteiger partial charge in [-0.3, -0.25) is 9.88 Å². The third-order valence-corrected chi connectivity index (χ3v) is 3.59. The number of nitrogens with two attached hydrogens (primary N) is 1. The SMILES string of the molecule is CCCN(Cc1cncc(F)c1)C(C)(CC)CN. The van der Waals surface area contributed by atoms with Crippen molar-refractivity contribution < 1.29 is 4.39 Å². The van der Waals surface area contributed by atoms with Gasteiger partial charge in [0.2, 0.25) is 0 Å². The molecule has 0 aliphatic carbocycles. The number of rotatable bonds is 7. The summed E-state index contributed by atoms with van der Waals surface area (Å²) in [6.07, 6.45) is 4.98. The summed E-state index contributed by atoms with van der Waals surface area (Å²) < 4.78 is 13.2. The molecule has 0 amide bonds. The van der Waals surface area contributed by atoms with Gasteiger partial charge in [-0.15, -0.1) is 0 Å². The maximum Gasteiger partial charge on any atom is 0.141 e. The topological polar surface area (TPSA) is 42.2 Å². The average molecular weight is 253 g/mol. The zero-order valence-electron chi connectivity index (χ0n) is 11.6. The van der Waals surface area contributed by atoms with Crippen molar-refractivity contribution in [1.29, 1.82) is 0 Å². The lowest BCUT2D eigenvalue weighted by molar-refractivity contribution is 0.0970. The zero-order chi connectivity index (χ0) is 13.6. The van der Waals surface area contributed by atoms with E-state index in [0.717, 1.165) is 24.9 Å². The van der Waals surface area contributed by atoms with Crippen LogP contribution in [0, 0.1) is 5.82 Å². The molecule has 1 atom stereocenters. The molecular formula is C14H24FN3. The summed E-state index contributed by atoms with van der Waals surface area (Å²) in [7, 11) is 0. The molecular weight excluding hydrogens is 229 g/mol. The van der Waals surface area contributed by atoms with Gasteiger partial charge >= 0.3 is 0 Å². The normalized spacial score (nSPS) is 14.8. The van der Waals surface area contributed by atoms with Crippen LogP contribution >= 0.6 is 0 Å². The van der Waals surface area contributed by atoms with Gasteiger partial charge in [-0.25, -0.2) is 4.39 Å². The molecule has 1 aromatic rings. The second-order valence-corrected chi connectivity index (χ2v) is 4.99. The quantitative estimate of drug-likeness (QED) is 0.812. The molecule has 3 nitrogen and oxygen atoms in total. The number of halogens is 1. The molecule has 0 radical (unpaired) electrons. The maximum atomic E-state index is 13.2. The van der Waals surface area contributed by atoms with E-state index in [9.17, 15) is 4.39 Å². The Balaban J connectivity index is 2.86. The van der Waals surface area contributed by atoms with Gasteiger partial charge in [-0.05, 0) is 37.9 Å². The number of nitrogens with zero attached hydrogens (tertiary/aromatic N) is 2. The van der Waals surface area contributed by atoms with E-state index in [0.29, 0.717) is 13.1 Å². The van der Waals surface area contributed by atoms with Gasteiger partial charge in [0.05, 0.1) is 6.20 Å². The van der Waals surface area contributed by atoms with E-state index < -0.39 is 0 Å². The van der Waals surface area contributed by atoms with Crippen LogP contribution in [0.15, 0.2) is 18.5 Å². The van der Waals surface area contributed by atoms with Crippen molar-refractivity contribution in [3.63, 3.8) is 0 Å². The third kappa shape index (κ3) is 3.75. The van der Waals surface area contributed by atoms with Crippen molar-refractivity contribution in [1.82, 2.24) is 9.88 Å². The van der Waals surface area contributed by atoms with Crippen LogP contribution in [-0.4, -0.2) is 28.5 Å². The highest BCUT2D eigenvalue weighted by molar-refractivity contribution is 5.10. The molecule has 0 aliphatic rings. The largest absolute Gasteiger partial charge is 0.329 e. The van der Waals surface area contributed by atoms with Crippen molar-refractivity contribution in [2.45, 2.75) is 45.7 Å². The zero-order valence-corrected chi connectivity index (χ0v) is 11.6. The fraction of sp³-hybridized carbons (Fsp3) is 0.643. The Morgan fingerprint density at radius 3 is 2.61 bits per heavy atom. The van der Waals surface area contributed by atoms with E-state index in [1.165, 1.54) is 6.20 Å². The van der Waals surface area contributed by atoms with E-state index in [4.69, 9.17) is 5.73 Å². The van der Waals surface area contributed by atoms with E-state index in [1.54, 1.807) is 12.3 Å². The molecule has 0 aromatic carbocycles. The molecule has 0 fully saturated rings. The summed E-state index contributed by atoms with van der Waals surface area (Å²) in [5.41, 5.74) is 6.76. The van der Waals surface area contributed by atoms with Gasteiger partial charge in [0.25, 0.3) is 0 Å². The highest BCUT2D eigenvalue weighted by atomic mass is 19.1. The smallest absolute Gasteiger partial charge is 0.141 e. The molecule has 2 N–H and O–H groups in total. The van der Waals surface area contributed by atoms with E-state index in [-0.39, 0.29) is 11.4 Å². The monoisotopic (exact) mass is 253 g/mol. The summed E-state index contributed by atoms with van der Waals surface area (Å²) >= 11 is 0. The van der Waals surface area contributed by atoms with Crippen molar-refractivity contribution in [3.8, 4) is 0 Å². The molecule has 18 heavy (non-hydrogen) atoms. The lowest BCUT2D eigenvalue weighted by Crippen LogP contribution is -2.51. The highest BCUT2D eigenvalue weighted by Gasteiger charge is 2.28. The predicted molar refractivity (Wildman–Crippen MR) is 72.6 cm³/mol. The molecule has 0 bridgehead atoms. The molecule has 1 aromatic heterocycles. The molecule has 0 saturated heterocycles. The lowest BCUT2D eigenvalue weighted by Gasteiger charge is -2.40. The number of hydrogen-bond donors (Lipinski definition) is 1. The molecule has 1 heterocycles. The fourth-order valence-electron chi connectivity index (χ4n) is 2.07. The maximum absolute atomic E-state index is 13.2. The minimum atomic E-state index is -0.283. The van der Waals surface area contributed by atoms with Crippen LogP contribution in [0.2, 0.25) is 0 Å². The summed E-state index contributed by atoms with van der Waals surface area (Å²) in [6, 6.07) is 1.54. The van der Waals surface area contributed by atoms with Gasteiger partial charge in [0.15, 0.2) is 0 Å². The molecule has 1 rings (SSSR count). The van der Waals surface area contributed by atoms with Crippen LogP contribution in [0.5, 0.6) is 0 Å². The predicted octanol–water partition coefficient (Wildman–Crippen LogP) is 2.56. The Morgan fingerprint density at radius 1 is 1.39 bits per heavy atom. The van der Waals surface area contributed by atoms with Gasteiger partial charge in [0.1, 0.15) is 5.82 Å². The van der Waals surface area contributed by atoms with E-state index in [1.807, 2.05) is 0 Å². The summed E-state index contributed by atoms with van der Waals surface area (Å²) in [4.78, 5) is 6.22. The Bertz CT molecular complexity index is 364. The van der Waals surface area contributed by atoms with Crippen molar-refractivity contribution >= 4 is 0 Å². The van der Waals surface area contributed by atoms with Gasteiger partial charge in [-0.2, -0.15) is 0 Å². The Labute approximate surface area is 109 Å². The molecule has 0 aliphatic heterocycles. The summed E-state index contributed by atoms with van der Waals surface area (Å²) in [5.74, 6) is -0.283. The standard InChI is InChI=1S/C14H24FN3/c1-4-6-18(14(3,5-2)11-16)10-12-7-13(15)9-17-8-12/h7-9H,4-6,10-11,16H2,1-3H3. The van der Waals surface area contributed by atoms with Crippen LogP contribution in [-0.2, 0) is 6.54 Å². The van der Waals surface area contributed by atoms with Crippen LogP contribution in [0.3, 0.4) is 0 Å². The Kier molecular flexibility index (Phi) is 5.69. The molecule has 1 unspecified atom stereocenters. The van der Waals surface area contributed by atoms with Gasteiger partial charge in [-0.1, -0.05) is 13.8 Å². The molecule has 102 valence electrons. The Hall–Kier alpha value is -1.00. The van der Waals surface area contributed by atoms with Crippen LogP contribution < -0.4 is 5.73 Å². The number of pyridine rings is 1.